The summed E-state index contributed by atoms with van der Waals surface area (Å²) in [6, 6.07) is 8.01. The molecule has 6 nitrogen and oxygen atoms in total. The largest absolute Gasteiger partial charge is 0.344 e. The van der Waals surface area contributed by atoms with Gasteiger partial charge in [-0.15, -0.1) is 11.3 Å². The van der Waals surface area contributed by atoms with Crippen LogP contribution in [0.5, 0.6) is 0 Å². The summed E-state index contributed by atoms with van der Waals surface area (Å²) in [5.74, 6) is 0. The van der Waals surface area contributed by atoms with E-state index < -0.39 is 10.0 Å². The molecule has 3 rings (SSSR count). The van der Waals surface area contributed by atoms with Gasteiger partial charge in [0, 0.05) is 30.7 Å². The van der Waals surface area contributed by atoms with Gasteiger partial charge in [-0.3, -0.25) is 0 Å². The Morgan fingerprint density at radius 3 is 2.83 bits per heavy atom. The molecule has 0 aliphatic carbocycles. The van der Waals surface area contributed by atoms with Gasteiger partial charge >= 0.3 is 0 Å². The van der Waals surface area contributed by atoms with Gasteiger partial charge < -0.3 is 4.90 Å². The first-order valence-electron chi connectivity index (χ1n) is 7.26. The maximum Gasteiger partial charge on any atom is 0.240 e. The lowest BCUT2D eigenvalue weighted by Gasteiger charge is -2.24. The molecular formula is C15H16N4O2S2. The van der Waals surface area contributed by atoms with E-state index in [1.165, 1.54) is 24.3 Å². The standard InChI is InChI=1S/C15H16N4O2S2/c16-10-12-3-5-14(6-4-12)23(20,21)18-11-13-2-1-8-19(13)15-17-7-9-22-15/h3-7,9,13,18H,1-2,8,11H2. The molecule has 2 heterocycles. The average molecular weight is 348 g/mol. The predicted octanol–water partition coefficient (Wildman–Crippen LogP) is 1.96. The van der Waals surface area contributed by atoms with Gasteiger partial charge in [0.1, 0.15) is 0 Å². The first-order chi connectivity index (χ1) is 11.1. The van der Waals surface area contributed by atoms with Crippen molar-refractivity contribution >= 4 is 26.5 Å². The molecule has 1 fully saturated rings. The normalized spacial score (nSPS) is 18.0. The van der Waals surface area contributed by atoms with E-state index in [4.69, 9.17) is 5.26 Å². The van der Waals surface area contributed by atoms with Gasteiger partial charge in [0.2, 0.25) is 10.0 Å². The van der Waals surface area contributed by atoms with Crippen LogP contribution in [0.3, 0.4) is 0 Å². The van der Waals surface area contributed by atoms with E-state index >= 15 is 0 Å². The zero-order valence-electron chi connectivity index (χ0n) is 12.3. The highest BCUT2D eigenvalue weighted by Gasteiger charge is 2.27. The molecule has 1 aromatic carbocycles. The van der Waals surface area contributed by atoms with Gasteiger partial charge in [-0.2, -0.15) is 5.26 Å². The van der Waals surface area contributed by atoms with Gasteiger partial charge in [-0.1, -0.05) is 0 Å². The Kier molecular flexibility index (Phi) is 4.61. The second-order valence-electron chi connectivity index (χ2n) is 5.29. The van der Waals surface area contributed by atoms with Gasteiger partial charge in [0.25, 0.3) is 0 Å². The number of anilines is 1. The molecule has 0 bridgehead atoms. The Hall–Kier alpha value is -1.95. The van der Waals surface area contributed by atoms with Gasteiger partial charge in [0.05, 0.1) is 16.5 Å². The highest BCUT2D eigenvalue weighted by atomic mass is 32.2. The van der Waals surface area contributed by atoms with Crippen molar-refractivity contribution in [2.75, 3.05) is 18.0 Å². The molecule has 2 aromatic rings. The number of nitriles is 1. The maximum absolute atomic E-state index is 12.4. The molecule has 0 saturated carbocycles. The summed E-state index contributed by atoms with van der Waals surface area (Å²) >= 11 is 1.56. The van der Waals surface area contributed by atoms with E-state index in [0.29, 0.717) is 12.1 Å². The lowest BCUT2D eigenvalue weighted by Crippen LogP contribution is -2.40. The number of hydrogen-bond acceptors (Lipinski definition) is 6. The van der Waals surface area contributed by atoms with Crippen LogP contribution in [-0.4, -0.2) is 32.5 Å². The number of hydrogen-bond donors (Lipinski definition) is 1. The average Bonchev–Trinajstić information content (AvgIpc) is 3.24. The highest BCUT2D eigenvalue weighted by Crippen LogP contribution is 2.27. The Balaban J connectivity index is 1.68. The maximum atomic E-state index is 12.4. The van der Waals surface area contributed by atoms with Crippen molar-refractivity contribution in [2.24, 2.45) is 0 Å². The predicted molar refractivity (Wildman–Crippen MR) is 88.8 cm³/mol. The van der Waals surface area contributed by atoms with Crippen molar-refractivity contribution in [1.82, 2.24) is 9.71 Å². The molecule has 1 saturated heterocycles. The smallest absolute Gasteiger partial charge is 0.240 e. The number of rotatable bonds is 5. The number of benzene rings is 1. The monoisotopic (exact) mass is 348 g/mol. The summed E-state index contributed by atoms with van der Waals surface area (Å²) in [5, 5.41) is 11.6. The van der Waals surface area contributed by atoms with Crippen LogP contribution in [0.15, 0.2) is 40.7 Å². The van der Waals surface area contributed by atoms with Crippen molar-refractivity contribution in [3.63, 3.8) is 0 Å². The minimum absolute atomic E-state index is 0.120. The van der Waals surface area contributed by atoms with E-state index in [-0.39, 0.29) is 10.9 Å². The molecule has 120 valence electrons. The third-order valence-corrected chi connectivity index (χ3v) is 6.09. The van der Waals surface area contributed by atoms with Crippen LogP contribution in [0.4, 0.5) is 5.13 Å². The molecule has 1 atom stereocenters. The van der Waals surface area contributed by atoms with E-state index in [0.717, 1.165) is 24.5 Å². The number of thiazole rings is 1. The number of aromatic nitrogens is 1. The molecular weight excluding hydrogens is 332 g/mol. The topological polar surface area (TPSA) is 86.1 Å². The molecule has 1 aliphatic heterocycles. The molecule has 0 radical (unpaired) electrons. The first kappa shape index (κ1) is 15.9. The quantitative estimate of drug-likeness (QED) is 0.893. The summed E-state index contributed by atoms with van der Waals surface area (Å²) in [6.07, 6.45) is 3.73. The van der Waals surface area contributed by atoms with Crippen LogP contribution in [0.25, 0.3) is 0 Å². The third kappa shape index (κ3) is 3.52. The third-order valence-electron chi connectivity index (χ3n) is 3.84. The van der Waals surface area contributed by atoms with E-state index in [2.05, 4.69) is 14.6 Å². The van der Waals surface area contributed by atoms with Crippen LogP contribution in [0, 0.1) is 11.3 Å². The fourth-order valence-corrected chi connectivity index (χ4v) is 4.47. The van der Waals surface area contributed by atoms with Crippen LogP contribution in [0.2, 0.25) is 0 Å². The van der Waals surface area contributed by atoms with Crippen molar-refractivity contribution in [2.45, 2.75) is 23.8 Å². The molecule has 1 aromatic heterocycles. The number of sulfonamides is 1. The lowest BCUT2D eigenvalue weighted by atomic mass is 10.2. The van der Waals surface area contributed by atoms with E-state index in [1.807, 2.05) is 11.4 Å². The summed E-state index contributed by atoms with van der Waals surface area (Å²) in [6.45, 7) is 1.25. The summed E-state index contributed by atoms with van der Waals surface area (Å²) < 4.78 is 27.4. The zero-order chi connectivity index (χ0) is 16.3. The summed E-state index contributed by atoms with van der Waals surface area (Å²) in [4.78, 5) is 6.64. The highest BCUT2D eigenvalue weighted by molar-refractivity contribution is 7.89. The van der Waals surface area contributed by atoms with Crippen molar-refractivity contribution in [1.29, 1.82) is 5.26 Å². The Labute approximate surface area is 139 Å². The molecule has 8 heteroatoms. The molecule has 1 N–H and O–H groups in total. The van der Waals surface area contributed by atoms with E-state index in [9.17, 15) is 8.42 Å². The molecule has 1 aliphatic rings. The second kappa shape index (κ2) is 6.66. The number of nitrogens with zero attached hydrogens (tertiary/aromatic N) is 3. The molecule has 0 spiro atoms. The van der Waals surface area contributed by atoms with Crippen LogP contribution >= 0.6 is 11.3 Å². The zero-order valence-corrected chi connectivity index (χ0v) is 14.0. The van der Waals surface area contributed by atoms with Gasteiger partial charge in [0.15, 0.2) is 5.13 Å². The van der Waals surface area contributed by atoms with Crippen molar-refractivity contribution < 1.29 is 8.42 Å². The van der Waals surface area contributed by atoms with Crippen molar-refractivity contribution in [3.8, 4) is 6.07 Å². The van der Waals surface area contributed by atoms with Crippen LogP contribution < -0.4 is 9.62 Å². The molecule has 1 unspecified atom stereocenters. The van der Waals surface area contributed by atoms with Crippen molar-refractivity contribution in [3.05, 3.63) is 41.4 Å². The Morgan fingerprint density at radius 1 is 1.39 bits per heavy atom. The SMILES string of the molecule is N#Cc1ccc(S(=O)(=O)NCC2CCCN2c2nccs2)cc1. The Bertz CT molecular complexity index is 795. The van der Waals surface area contributed by atoms with Crippen LogP contribution in [0.1, 0.15) is 18.4 Å². The molecule has 0 amide bonds. The fraction of sp³-hybridized carbons (Fsp3) is 0.333. The minimum atomic E-state index is -3.57. The fourth-order valence-electron chi connectivity index (χ4n) is 2.66. The minimum Gasteiger partial charge on any atom is -0.344 e. The summed E-state index contributed by atoms with van der Waals surface area (Å²) in [5.41, 5.74) is 0.440. The Morgan fingerprint density at radius 2 is 2.17 bits per heavy atom. The first-order valence-corrected chi connectivity index (χ1v) is 9.62. The second-order valence-corrected chi connectivity index (χ2v) is 7.93. The summed E-state index contributed by atoms with van der Waals surface area (Å²) in [7, 11) is -3.57. The number of nitrogens with one attached hydrogen (secondary N) is 1. The van der Waals surface area contributed by atoms with Crippen LogP contribution in [-0.2, 0) is 10.0 Å². The van der Waals surface area contributed by atoms with Gasteiger partial charge in [-0.05, 0) is 37.1 Å². The molecule has 23 heavy (non-hydrogen) atoms. The van der Waals surface area contributed by atoms with E-state index in [1.54, 1.807) is 17.5 Å². The van der Waals surface area contributed by atoms with Gasteiger partial charge in [-0.25, -0.2) is 18.1 Å². The lowest BCUT2D eigenvalue weighted by molar-refractivity contribution is 0.567.